The quantitative estimate of drug-likeness (QED) is 0.619. The fourth-order valence-electron chi connectivity index (χ4n) is 1.81. The molecule has 0 radical (unpaired) electrons. The summed E-state index contributed by atoms with van der Waals surface area (Å²) in [7, 11) is 1.43. The SMILES string of the molecule is CCN(C(C)C)[Si](CC)(OC)OC. The Labute approximate surface area is 83.4 Å². The van der Waals surface area contributed by atoms with E-state index in [4.69, 9.17) is 8.85 Å². The highest BCUT2D eigenvalue weighted by atomic mass is 28.4. The zero-order valence-electron chi connectivity index (χ0n) is 9.76. The van der Waals surface area contributed by atoms with Crippen LogP contribution in [0.15, 0.2) is 0 Å². The van der Waals surface area contributed by atoms with Gasteiger partial charge in [0.15, 0.2) is 0 Å². The number of hydrogen-bond donors (Lipinski definition) is 0. The Balaban J connectivity index is 4.65. The molecule has 0 aliphatic heterocycles. The first-order valence-electron chi connectivity index (χ1n) is 4.95. The number of nitrogens with zero attached hydrogens (tertiary/aromatic N) is 1. The summed E-state index contributed by atoms with van der Waals surface area (Å²) in [6, 6.07) is 1.45. The molecule has 0 aromatic heterocycles. The van der Waals surface area contributed by atoms with Crippen LogP contribution in [-0.2, 0) is 8.85 Å². The lowest BCUT2D eigenvalue weighted by molar-refractivity contribution is 0.149. The molecule has 80 valence electrons. The average Bonchev–Trinajstić information content (AvgIpc) is 2.13. The van der Waals surface area contributed by atoms with Crippen molar-refractivity contribution in [1.82, 2.24) is 4.57 Å². The van der Waals surface area contributed by atoms with E-state index in [1.165, 1.54) is 0 Å². The Bertz CT molecular complexity index is 129. The van der Waals surface area contributed by atoms with E-state index >= 15 is 0 Å². The third-order valence-electron chi connectivity index (χ3n) is 2.49. The van der Waals surface area contributed by atoms with Gasteiger partial charge in [0.05, 0.1) is 0 Å². The van der Waals surface area contributed by atoms with Crippen LogP contribution in [0.1, 0.15) is 27.7 Å². The van der Waals surface area contributed by atoms with Crippen molar-refractivity contribution in [2.45, 2.75) is 39.8 Å². The van der Waals surface area contributed by atoms with Crippen LogP contribution >= 0.6 is 0 Å². The van der Waals surface area contributed by atoms with Crippen molar-refractivity contribution in [3.05, 3.63) is 0 Å². The van der Waals surface area contributed by atoms with Gasteiger partial charge in [0.25, 0.3) is 0 Å². The van der Waals surface area contributed by atoms with Gasteiger partial charge in [0.1, 0.15) is 0 Å². The van der Waals surface area contributed by atoms with Gasteiger partial charge in [-0.3, -0.25) is 4.57 Å². The van der Waals surface area contributed by atoms with E-state index in [9.17, 15) is 0 Å². The van der Waals surface area contributed by atoms with E-state index in [-0.39, 0.29) is 0 Å². The van der Waals surface area contributed by atoms with E-state index in [1.54, 1.807) is 14.2 Å². The van der Waals surface area contributed by atoms with Crippen LogP contribution in [-0.4, -0.2) is 40.1 Å². The molecule has 0 spiro atoms. The smallest absolute Gasteiger partial charge is 0.386 e. The summed E-state index contributed by atoms with van der Waals surface area (Å²) < 4.78 is 13.5. The summed E-state index contributed by atoms with van der Waals surface area (Å²) >= 11 is 0. The van der Waals surface area contributed by atoms with Crippen LogP contribution in [0, 0.1) is 0 Å². The van der Waals surface area contributed by atoms with E-state index in [2.05, 4.69) is 32.3 Å². The molecule has 0 saturated carbocycles. The Hall–Kier alpha value is 0.0969. The highest BCUT2D eigenvalue weighted by Crippen LogP contribution is 2.19. The van der Waals surface area contributed by atoms with Crippen molar-refractivity contribution in [2.75, 3.05) is 20.8 Å². The molecule has 0 N–H and O–H groups in total. The van der Waals surface area contributed by atoms with Crippen LogP contribution in [0.4, 0.5) is 0 Å². The predicted molar refractivity (Wildman–Crippen MR) is 57.8 cm³/mol. The molecular formula is C9H23NO2Si. The van der Waals surface area contributed by atoms with Crippen molar-refractivity contribution >= 4 is 8.72 Å². The molecule has 13 heavy (non-hydrogen) atoms. The third kappa shape index (κ3) is 2.77. The minimum Gasteiger partial charge on any atom is -0.386 e. The van der Waals surface area contributed by atoms with Crippen molar-refractivity contribution in [1.29, 1.82) is 0 Å². The Morgan fingerprint density at radius 3 is 1.69 bits per heavy atom. The molecule has 0 rings (SSSR count). The summed E-state index contributed by atoms with van der Waals surface area (Å²) in [5, 5.41) is 0. The van der Waals surface area contributed by atoms with E-state index in [1.807, 2.05) is 0 Å². The minimum absolute atomic E-state index is 0.483. The van der Waals surface area contributed by atoms with Crippen LogP contribution in [0.2, 0.25) is 6.04 Å². The Kier molecular flexibility index (Phi) is 5.79. The standard InChI is InChI=1S/C9H23NO2Si/c1-7-10(9(3)4)13(8-2,11-5)12-6/h9H,7-8H2,1-6H3. The summed E-state index contributed by atoms with van der Waals surface area (Å²) in [4.78, 5) is 0. The van der Waals surface area contributed by atoms with Gasteiger partial charge in [0.2, 0.25) is 0 Å². The molecule has 0 aromatic carbocycles. The van der Waals surface area contributed by atoms with Gasteiger partial charge in [-0.25, -0.2) is 0 Å². The fraction of sp³-hybridized carbons (Fsp3) is 1.00. The molecule has 0 unspecified atom stereocenters. The molecule has 0 fully saturated rings. The van der Waals surface area contributed by atoms with E-state index in [0.29, 0.717) is 6.04 Å². The molecular weight excluding hydrogens is 182 g/mol. The average molecular weight is 205 g/mol. The highest BCUT2D eigenvalue weighted by Gasteiger charge is 2.41. The van der Waals surface area contributed by atoms with Gasteiger partial charge in [-0.05, 0) is 6.54 Å². The van der Waals surface area contributed by atoms with Crippen molar-refractivity contribution < 1.29 is 8.85 Å². The minimum atomic E-state index is -2.08. The van der Waals surface area contributed by atoms with Gasteiger partial charge in [-0.15, -0.1) is 0 Å². The summed E-state index contributed by atoms with van der Waals surface area (Å²) in [6.07, 6.45) is 0. The lowest BCUT2D eigenvalue weighted by Crippen LogP contribution is -2.59. The summed E-state index contributed by atoms with van der Waals surface area (Å²) in [5.41, 5.74) is 0. The van der Waals surface area contributed by atoms with E-state index < -0.39 is 8.72 Å². The second-order valence-corrected chi connectivity index (χ2v) is 6.88. The van der Waals surface area contributed by atoms with Gasteiger partial charge >= 0.3 is 8.72 Å². The molecule has 0 bridgehead atoms. The molecule has 0 amide bonds. The zero-order valence-corrected chi connectivity index (χ0v) is 10.8. The first kappa shape index (κ1) is 13.1. The van der Waals surface area contributed by atoms with Crippen LogP contribution in [0.25, 0.3) is 0 Å². The maximum Gasteiger partial charge on any atom is 0.427 e. The molecule has 4 heteroatoms. The van der Waals surface area contributed by atoms with Gasteiger partial charge < -0.3 is 8.85 Å². The van der Waals surface area contributed by atoms with Gasteiger partial charge in [-0.1, -0.05) is 27.7 Å². The third-order valence-corrected chi connectivity index (χ3v) is 6.36. The molecule has 0 heterocycles. The molecule has 0 atom stereocenters. The second kappa shape index (κ2) is 5.75. The van der Waals surface area contributed by atoms with Crippen molar-refractivity contribution in [2.24, 2.45) is 0 Å². The topological polar surface area (TPSA) is 21.7 Å². The molecule has 3 nitrogen and oxygen atoms in total. The molecule has 0 aromatic rings. The summed E-state index contributed by atoms with van der Waals surface area (Å²) in [6.45, 7) is 9.62. The van der Waals surface area contributed by atoms with Crippen LogP contribution < -0.4 is 0 Å². The molecule has 0 aliphatic rings. The van der Waals surface area contributed by atoms with E-state index in [0.717, 1.165) is 12.6 Å². The molecule has 0 saturated heterocycles. The maximum absolute atomic E-state index is 5.59. The molecule has 0 aliphatic carbocycles. The second-order valence-electron chi connectivity index (χ2n) is 3.35. The Morgan fingerprint density at radius 1 is 1.15 bits per heavy atom. The van der Waals surface area contributed by atoms with Gasteiger partial charge in [0, 0.05) is 26.3 Å². The van der Waals surface area contributed by atoms with Crippen molar-refractivity contribution in [3.63, 3.8) is 0 Å². The number of hydrogen-bond acceptors (Lipinski definition) is 3. The lowest BCUT2D eigenvalue weighted by Gasteiger charge is -2.39. The van der Waals surface area contributed by atoms with Crippen LogP contribution in [0.3, 0.4) is 0 Å². The largest absolute Gasteiger partial charge is 0.427 e. The fourth-order valence-corrected chi connectivity index (χ4v) is 4.70. The van der Waals surface area contributed by atoms with Crippen molar-refractivity contribution in [3.8, 4) is 0 Å². The first-order valence-corrected chi connectivity index (χ1v) is 6.92. The maximum atomic E-state index is 5.59. The number of rotatable bonds is 6. The Morgan fingerprint density at radius 2 is 1.62 bits per heavy atom. The highest BCUT2D eigenvalue weighted by molar-refractivity contribution is 6.64. The lowest BCUT2D eigenvalue weighted by atomic mass is 10.4. The van der Waals surface area contributed by atoms with Gasteiger partial charge in [-0.2, -0.15) is 0 Å². The predicted octanol–water partition coefficient (Wildman–Crippen LogP) is 1.97. The normalized spacial score (nSPS) is 12.9. The zero-order chi connectivity index (χ0) is 10.5. The van der Waals surface area contributed by atoms with Crippen LogP contribution in [0.5, 0.6) is 0 Å². The first-order chi connectivity index (χ1) is 6.07. The summed E-state index contributed by atoms with van der Waals surface area (Å²) in [5.74, 6) is 0. The monoisotopic (exact) mass is 205 g/mol.